The molecule has 5 heteroatoms. The number of aromatic nitrogens is 1. The Bertz CT molecular complexity index is 635. The highest BCUT2D eigenvalue weighted by atomic mass is 79.9. The number of halogens is 1. The van der Waals surface area contributed by atoms with Gasteiger partial charge in [-0.05, 0) is 54.9 Å². The molecule has 0 aliphatic rings. The van der Waals surface area contributed by atoms with Gasteiger partial charge in [-0.1, -0.05) is 12.1 Å². The van der Waals surface area contributed by atoms with Gasteiger partial charge in [0.15, 0.2) is 0 Å². The molecule has 2 aromatic rings. The van der Waals surface area contributed by atoms with Gasteiger partial charge in [0.1, 0.15) is 5.82 Å². The number of carbonyl (C=O) groups is 1. The number of anilines is 1. The molecular weight excluding hydrogens is 308 g/mol. The second kappa shape index (κ2) is 4.81. The Morgan fingerprint density at radius 2 is 1.95 bits per heavy atom. The topological polar surface area (TPSA) is 53.4 Å². The molecule has 0 spiro atoms. The third-order valence-electron chi connectivity index (χ3n) is 2.75. The van der Waals surface area contributed by atoms with Crippen LogP contribution in [0.15, 0.2) is 34.8 Å². The summed E-state index contributed by atoms with van der Waals surface area (Å²) in [7, 11) is 0. The summed E-state index contributed by atoms with van der Waals surface area (Å²) in [5, 5.41) is 10.3. The summed E-state index contributed by atoms with van der Waals surface area (Å²) in [4.78, 5) is 17.2. The standard InChI is InChI=1S/C14H15BrN2O2/c1-14(2,3)17(13(18)19)11-8-7-9-5-4-6-10(15)12(9)16-11/h4-8H,1-3H3,(H,18,19). The molecule has 0 atom stereocenters. The number of rotatable bonds is 1. The molecule has 0 radical (unpaired) electrons. The maximum absolute atomic E-state index is 11.4. The van der Waals surface area contributed by atoms with Crippen molar-refractivity contribution in [3.8, 4) is 0 Å². The SMILES string of the molecule is CC(C)(C)N(C(=O)O)c1ccc2cccc(Br)c2n1. The summed E-state index contributed by atoms with van der Waals surface area (Å²) in [6.07, 6.45) is -1.01. The predicted molar refractivity (Wildman–Crippen MR) is 79.7 cm³/mol. The van der Waals surface area contributed by atoms with E-state index < -0.39 is 11.6 Å². The Kier molecular flexibility index (Phi) is 3.49. The largest absolute Gasteiger partial charge is 0.465 e. The minimum Gasteiger partial charge on any atom is -0.465 e. The number of amides is 1. The molecule has 1 heterocycles. The number of para-hydroxylation sites is 1. The lowest BCUT2D eigenvalue weighted by molar-refractivity contribution is 0.195. The fraction of sp³-hybridized carbons (Fsp3) is 0.286. The van der Waals surface area contributed by atoms with E-state index in [1.54, 1.807) is 6.07 Å². The molecule has 0 unspecified atom stereocenters. The van der Waals surface area contributed by atoms with E-state index in [2.05, 4.69) is 20.9 Å². The van der Waals surface area contributed by atoms with Gasteiger partial charge < -0.3 is 5.11 Å². The summed E-state index contributed by atoms with van der Waals surface area (Å²) in [6, 6.07) is 9.37. The Hall–Kier alpha value is -1.62. The monoisotopic (exact) mass is 322 g/mol. The number of hydrogen-bond donors (Lipinski definition) is 1. The van der Waals surface area contributed by atoms with Crippen molar-refractivity contribution in [2.45, 2.75) is 26.3 Å². The summed E-state index contributed by atoms with van der Waals surface area (Å²) >= 11 is 3.44. The fourth-order valence-electron chi connectivity index (χ4n) is 1.95. The van der Waals surface area contributed by atoms with Crippen molar-refractivity contribution in [2.75, 3.05) is 4.90 Å². The lowest BCUT2D eigenvalue weighted by Crippen LogP contribution is -2.45. The average molecular weight is 323 g/mol. The summed E-state index contributed by atoms with van der Waals surface area (Å²) in [6.45, 7) is 5.52. The third-order valence-corrected chi connectivity index (χ3v) is 3.39. The van der Waals surface area contributed by atoms with Crippen LogP contribution in [0.3, 0.4) is 0 Å². The minimum atomic E-state index is -1.01. The Morgan fingerprint density at radius 1 is 1.26 bits per heavy atom. The van der Waals surface area contributed by atoms with Crippen molar-refractivity contribution in [3.05, 3.63) is 34.8 Å². The minimum absolute atomic E-state index is 0.430. The van der Waals surface area contributed by atoms with Gasteiger partial charge in [0.05, 0.1) is 5.52 Å². The van der Waals surface area contributed by atoms with Gasteiger partial charge in [-0.15, -0.1) is 0 Å². The molecule has 100 valence electrons. The Labute approximate surface area is 120 Å². The highest BCUT2D eigenvalue weighted by Crippen LogP contribution is 2.28. The molecule has 0 saturated heterocycles. The summed E-state index contributed by atoms with van der Waals surface area (Å²) in [5.74, 6) is 0.430. The molecule has 1 N–H and O–H groups in total. The maximum atomic E-state index is 11.4. The smallest absolute Gasteiger partial charge is 0.413 e. The molecule has 0 aliphatic carbocycles. The van der Waals surface area contributed by atoms with Crippen molar-refractivity contribution in [3.63, 3.8) is 0 Å². The van der Waals surface area contributed by atoms with Gasteiger partial charge >= 0.3 is 6.09 Å². The third kappa shape index (κ3) is 2.71. The molecule has 2 rings (SSSR count). The van der Waals surface area contributed by atoms with E-state index in [1.807, 2.05) is 45.0 Å². The van der Waals surface area contributed by atoms with Crippen LogP contribution in [0.4, 0.5) is 10.6 Å². The van der Waals surface area contributed by atoms with Crippen molar-refractivity contribution in [2.24, 2.45) is 0 Å². The van der Waals surface area contributed by atoms with Crippen molar-refractivity contribution >= 4 is 38.7 Å². The van der Waals surface area contributed by atoms with Gasteiger partial charge in [0.25, 0.3) is 0 Å². The van der Waals surface area contributed by atoms with E-state index in [0.717, 1.165) is 15.4 Å². The molecule has 4 nitrogen and oxygen atoms in total. The molecule has 0 saturated carbocycles. The van der Waals surface area contributed by atoms with Gasteiger partial charge in [-0.2, -0.15) is 0 Å². The molecule has 0 bridgehead atoms. The van der Waals surface area contributed by atoms with Crippen molar-refractivity contribution in [1.82, 2.24) is 4.98 Å². The Balaban J connectivity index is 2.62. The van der Waals surface area contributed by atoms with Gasteiger partial charge in [0.2, 0.25) is 0 Å². The number of carboxylic acid groups (broad SMARTS) is 1. The van der Waals surface area contributed by atoms with Crippen molar-refractivity contribution in [1.29, 1.82) is 0 Å². The maximum Gasteiger partial charge on any atom is 0.413 e. The second-order valence-corrected chi connectivity index (χ2v) is 6.12. The number of nitrogens with zero attached hydrogens (tertiary/aromatic N) is 2. The number of hydrogen-bond acceptors (Lipinski definition) is 2. The predicted octanol–water partition coefficient (Wildman–Crippen LogP) is 4.28. The first kappa shape index (κ1) is 13.8. The Morgan fingerprint density at radius 3 is 2.53 bits per heavy atom. The first-order valence-corrected chi connectivity index (χ1v) is 6.68. The van der Waals surface area contributed by atoms with E-state index in [1.165, 1.54) is 4.90 Å². The van der Waals surface area contributed by atoms with Crippen LogP contribution in [0.5, 0.6) is 0 Å². The van der Waals surface area contributed by atoms with Crippen LogP contribution in [0.1, 0.15) is 20.8 Å². The van der Waals surface area contributed by atoms with Crippen LogP contribution in [0, 0.1) is 0 Å². The molecule has 19 heavy (non-hydrogen) atoms. The second-order valence-electron chi connectivity index (χ2n) is 5.27. The zero-order valence-electron chi connectivity index (χ0n) is 11.0. The summed E-state index contributed by atoms with van der Waals surface area (Å²) < 4.78 is 0.853. The number of fused-ring (bicyclic) bond motifs is 1. The number of pyridine rings is 1. The quantitative estimate of drug-likeness (QED) is 0.852. The highest BCUT2D eigenvalue weighted by molar-refractivity contribution is 9.10. The zero-order valence-corrected chi connectivity index (χ0v) is 12.6. The van der Waals surface area contributed by atoms with Gasteiger partial charge in [0, 0.05) is 15.4 Å². The van der Waals surface area contributed by atoms with Crippen molar-refractivity contribution < 1.29 is 9.90 Å². The van der Waals surface area contributed by atoms with E-state index in [4.69, 9.17) is 0 Å². The molecule has 1 aromatic heterocycles. The lowest BCUT2D eigenvalue weighted by atomic mass is 10.1. The number of benzene rings is 1. The van der Waals surface area contributed by atoms with Crippen LogP contribution < -0.4 is 4.90 Å². The highest BCUT2D eigenvalue weighted by Gasteiger charge is 2.29. The van der Waals surface area contributed by atoms with Crippen LogP contribution in [-0.2, 0) is 0 Å². The first-order chi connectivity index (χ1) is 8.80. The molecule has 1 amide bonds. The van der Waals surface area contributed by atoms with Crippen LogP contribution in [0.2, 0.25) is 0 Å². The molecule has 0 fully saturated rings. The fourth-order valence-corrected chi connectivity index (χ4v) is 2.42. The lowest BCUT2D eigenvalue weighted by Gasteiger charge is -2.32. The van der Waals surface area contributed by atoms with Gasteiger partial charge in [-0.3, -0.25) is 4.90 Å². The van der Waals surface area contributed by atoms with E-state index >= 15 is 0 Å². The van der Waals surface area contributed by atoms with Gasteiger partial charge in [-0.25, -0.2) is 9.78 Å². The van der Waals surface area contributed by atoms with Crippen LogP contribution >= 0.6 is 15.9 Å². The zero-order chi connectivity index (χ0) is 14.2. The molecular formula is C14H15BrN2O2. The first-order valence-electron chi connectivity index (χ1n) is 5.89. The van der Waals surface area contributed by atoms with E-state index in [-0.39, 0.29) is 0 Å². The normalized spacial score (nSPS) is 11.6. The van der Waals surface area contributed by atoms with E-state index in [0.29, 0.717) is 5.82 Å². The van der Waals surface area contributed by atoms with Crippen LogP contribution in [0.25, 0.3) is 10.9 Å². The molecule has 0 aliphatic heterocycles. The van der Waals surface area contributed by atoms with E-state index in [9.17, 15) is 9.90 Å². The average Bonchev–Trinajstić information content (AvgIpc) is 2.28. The van der Waals surface area contributed by atoms with Crippen LogP contribution in [-0.4, -0.2) is 21.7 Å². The molecule has 1 aromatic carbocycles. The summed E-state index contributed by atoms with van der Waals surface area (Å²) in [5.41, 5.74) is 0.212.